The number of nitrogens with one attached hydrogen (secondary N) is 1. The van der Waals surface area contributed by atoms with Gasteiger partial charge in [-0.3, -0.25) is 4.79 Å². The monoisotopic (exact) mass is 413 g/mol. The van der Waals surface area contributed by atoms with Gasteiger partial charge in [-0.1, -0.05) is 12.5 Å². The summed E-state index contributed by atoms with van der Waals surface area (Å²) >= 11 is 0. The Kier molecular flexibility index (Phi) is 6.46. The molecule has 1 N–H and O–H groups in total. The lowest BCUT2D eigenvalue weighted by Gasteiger charge is -2.36. The van der Waals surface area contributed by atoms with Crippen molar-refractivity contribution in [3.05, 3.63) is 29.3 Å². The SMILES string of the molecule is Cl.O=C(C1CCCCN1)N1CCN(S(=O)(=O)c2ccc3c(c2)CCC3)CC1. The minimum Gasteiger partial charge on any atom is -0.339 e. The van der Waals surface area contributed by atoms with Crippen LogP contribution in [0.2, 0.25) is 0 Å². The molecule has 2 heterocycles. The Morgan fingerprint density at radius 2 is 1.74 bits per heavy atom. The fourth-order valence-corrected chi connectivity index (χ4v) is 5.76. The maximum atomic E-state index is 13.0. The molecule has 3 aliphatic rings. The zero-order valence-corrected chi connectivity index (χ0v) is 17.2. The van der Waals surface area contributed by atoms with Crippen molar-refractivity contribution in [2.24, 2.45) is 0 Å². The molecule has 8 heteroatoms. The van der Waals surface area contributed by atoms with E-state index in [9.17, 15) is 13.2 Å². The molecule has 1 atom stereocenters. The highest BCUT2D eigenvalue weighted by molar-refractivity contribution is 7.89. The van der Waals surface area contributed by atoms with Crippen molar-refractivity contribution < 1.29 is 13.2 Å². The molecule has 0 spiro atoms. The quantitative estimate of drug-likeness (QED) is 0.816. The summed E-state index contributed by atoms with van der Waals surface area (Å²) in [6, 6.07) is 5.46. The summed E-state index contributed by atoms with van der Waals surface area (Å²) < 4.78 is 27.5. The topological polar surface area (TPSA) is 69.7 Å². The van der Waals surface area contributed by atoms with E-state index < -0.39 is 10.0 Å². The first kappa shape index (κ1) is 20.6. The second-order valence-electron chi connectivity index (χ2n) is 7.52. The summed E-state index contributed by atoms with van der Waals surface area (Å²) in [5.41, 5.74) is 2.45. The van der Waals surface area contributed by atoms with Gasteiger partial charge >= 0.3 is 0 Å². The van der Waals surface area contributed by atoms with Gasteiger partial charge in [0.2, 0.25) is 15.9 Å². The Balaban J connectivity index is 0.00000210. The van der Waals surface area contributed by atoms with Crippen molar-refractivity contribution >= 4 is 28.3 Å². The number of nitrogens with zero attached hydrogens (tertiary/aromatic N) is 2. The van der Waals surface area contributed by atoms with Gasteiger partial charge in [-0.2, -0.15) is 4.31 Å². The third-order valence-electron chi connectivity index (χ3n) is 5.87. The van der Waals surface area contributed by atoms with Crippen molar-refractivity contribution in [3.8, 4) is 0 Å². The molecular formula is C19H28ClN3O3S. The number of piperidine rings is 1. The van der Waals surface area contributed by atoms with Crippen LogP contribution in [0.3, 0.4) is 0 Å². The van der Waals surface area contributed by atoms with Gasteiger partial charge in [-0.05, 0) is 61.9 Å². The number of sulfonamides is 1. The van der Waals surface area contributed by atoms with Gasteiger partial charge in [0.1, 0.15) is 0 Å². The summed E-state index contributed by atoms with van der Waals surface area (Å²) in [5, 5.41) is 3.28. The van der Waals surface area contributed by atoms with E-state index in [1.165, 1.54) is 15.4 Å². The molecule has 0 saturated carbocycles. The number of fused-ring (bicyclic) bond motifs is 1. The third-order valence-corrected chi connectivity index (χ3v) is 7.76. The van der Waals surface area contributed by atoms with Gasteiger partial charge in [-0.25, -0.2) is 8.42 Å². The van der Waals surface area contributed by atoms with Crippen LogP contribution in [-0.2, 0) is 27.7 Å². The second-order valence-corrected chi connectivity index (χ2v) is 9.45. The van der Waals surface area contributed by atoms with E-state index in [4.69, 9.17) is 0 Å². The lowest BCUT2D eigenvalue weighted by molar-refractivity contribution is -0.135. The van der Waals surface area contributed by atoms with E-state index in [0.717, 1.165) is 45.1 Å². The van der Waals surface area contributed by atoms with Crippen LogP contribution in [0.5, 0.6) is 0 Å². The van der Waals surface area contributed by atoms with Crippen LogP contribution in [0.4, 0.5) is 0 Å². The van der Waals surface area contributed by atoms with E-state index in [1.807, 2.05) is 17.0 Å². The molecule has 2 aliphatic heterocycles. The van der Waals surface area contributed by atoms with Crippen molar-refractivity contribution in [1.82, 2.24) is 14.5 Å². The molecule has 6 nitrogen and oxygen atoms in total. The molecular weight excluding hydrogens is 386 g/mol. The molecule has 0 aromatic heterocycles. The molecule has 2 saturated heterocycles. The maximum Gasteiger partial charge on any atom is 0.243 e. The summed E-state index contributed by atoms with van der Waals surface area (Å²) in [6.07, 6.45) is 6.20. The molecule has 27 heavy (non-hydrogen) atoms. The summed E-state index contributed by atoms with van der Waals surface area (Å²) in [6.45, 7) is 2.58. The first-order valence-electron chi connectivity index (χ1n) is 9.70. The van der Waals surface area contributed by atoms with Crippen LogP contribution in [0.1, 0.15) is 36.8 Å². The number of rotatable bonds is 3. The number of carbonyl (C=O) groups is 1. The van der Waals surface area contributed by atoms with E-state index >= 15 is 0 Å². The summed E-state index contributed by atoms with van der Waals surface area (Å²) in [7, 11) is -3.48. The molecule has 1 amide bonds. The number of carbonyl (C=O) groups excluding carboxylic acids is 1. The Hall–Kier alpha value is -1.15. The van der Waals surface area contributed by atoms with Crippen LogP contribution in [0, 0.1) is 0 Å². The average molecular weight is 414 g/mol. The molecule has 1 aliphatic carbocycles. The second kappa shape index (κ2) is 8.47. The Morgan fingerprint density at radius 1 is 1.00 bits per heavy atom. The molecule has 2 fully saturated rings. The van der Waals surface area contributed by atoms with E-state index in [2.05, 4.69) is 5.32 Å². The van der Waals surface area contributed by atoms with Gasteiger partial charge in [0.15, 0.2) is 0 Å². The van der Waals surface area contributed by atoms with Gasteiger partial charge in [0, 0.05) is 26.2 Å². The van der Waals surface area contributed by atoms with E-state index in [-0.39, 0.29) is 24.4 Å². The van der Waals surface area contributed by atoms with E-state index in [1.54, 1.807) is 6.07 Å². The summed E-state index contributed by atoms with van der Waals surface area (Å²) in [5.74, 6) is 0.124. The smallest absolute Gasteiger partial charge is 0.243 e. The Bertz CT molecular complexity index is 785. The standard InChI is InChI=1S/C19H27N3O3S.ClH/c23-19(18-6-1-2-9-20-18)21-10-12-22(13-11-21)26(24,25)17-8-7-15-4-3-5-16(15)14-17;/h7-8,14,18,20H,1-6,9-13H2;1H. The van der Waals surface area contributed by atoms with Gasteiger partial charge in [0.25, 0.3) is 0 Å². The highest BCUT2D eigenvalue weighted by Gasteiger charge is 2.33. The molecule has 1 unspecified atom stereocenters. The number of hydrogen-bond donors (Lipinski definition) is 1. The Morgan fingerprint density at radius 3 is 2.44 bits per heavy atom. The maximum absolute atomic E-state index is 13.0. The van der Waals surface area contributed by atoms with Crippen molar-refractivity contribution in [2.45, 2.75) is 49.5 Å². The first-order valence-corrected chi connectivity index (χ1v) is 11.1. The Labute approximate surface area is 167 Å². The minimum atomic E-state index is -3.48. The average Bonchev–Trinajstić information content (AvgIpc) is 3.16. The number of hydrogen-bond acceptors (Lipinski definition) is 4. The van der Waals surface area contributed by atoms with Crippen molar-refractivity contribution in [2.75, 3.05) is 32.7 Å². The third kappa shape index (κ3) is 4.16. The van der Waals surface area contributed by atoms with Crippen LogP contribution >= 0.6 is 12.4 Å². The largest absolute Gasteiger partial charge is 0.339 e. The van der Waals surface area contributed by atoms with Gasteiger partial charge in [0.05, 0.1) is 10.9 Å². The predicted octanol–water partition coefficient (Wildman–Crippen LogP) is 1.57. The van der Waals surface area contributed by atoms with Gasteiger partial charge < -0.3 is 10.2 Å². The van der Waals surface area contributed by atoms with Crippen LogP contribution in [0.15, 0.2) is 23.1 Å². The fraction of sp³-hybridized carbons (Fsp3) is 0.632. The first-order chi connectivity index (χ1) is 12.6. The van der Waals surface area contributed by atoms with Crippen LogP contribution in [-0.4, -0.2) is 62.3 Å². The molecule has 0 radical (unpaired) electrons. The molecule has 4 rings (SSSR count). The van der Waals surface area contributed by atoms with Gasteiger partial charge in [-0.15, -0.1) is 12.4 Å². The molecule has 150 valence electrons. The number of halogens is 1. The predicted molar refractivity (Wildman–Crippen MR) is 107 cm³/mol. The van der Waals surface area contributed by atoms with Crippen LogP contribution < -0.4 is 5.32 Å². The van der Waals surface area contributed by atoms with Crippen LogP contribution in [0.25, 0.3) is 0 Å². The number of amides is 1. The lowest BCUT2D eigenvalue weighted by Crippen LogP contribution is -2.55. The highest BCUT2D eigenvalue weighted by Crippen LogP contribution is 2.27. The summed E-state index contributed by atoms with van der Waals surface area (Å²) in [4.78, 5) is 14.8. The normalized spacial score (nSPS) is 23.6. The zero-order chi connectivity index (χ0) is 18.1. The van der Waals surface area contributed by atoms with Crippen molar-refractivity contribution in [3.63, 3.8) is 0 Å². The van der Waals surface area contributed by atoms with E-state index in [0.29, 0.717) is 31.1 Å². The number of benzene rings is 1. The number of piperazine rings is 1. The zero-order valence-electron chi connectivity index (χ0n) is 15.5. The molecule has 1 aromatic rings. The fourth-order valence-electron chi connectivity index (χ4n) is 4.29. The molecule has 0 bridgehead atoms. The highest BCUT2D eigenvalue weighted by atomic mass is 35.5. The number of aryl methyl sites for hydroxylation is 2. The minimum absolute atomic E-state index is 0. The van der Waals surface area contributed by atoms with Crippen molar-refractivity contribution in [1.29, 1.82) is 0 Å². The molecule has 1 aromatic carbocycles. The lowest BCUT2D eigenvalue weighted by atomic mass is 10.0.